The topological polar surface area (TPSA) is 49.8 Å². The van der Waals surface area contributed by atoms with Crippen LogP contribution in [0.15, 0.2) is 48.5 Å². The Labute approximate surface area is 146 Å². The third-order valence-electron chi connectivity index (χ3n) is 4.56. The zero-order chi connectivity index (χ0) is 17.8. The highest BCUT2D eigenvalue weighted by Gasteiger charge is 2.28. The van der Waals surface area contributed by atoms with Crippen molar-refractivity contribution in [1.82, 2.24) is 4.90 Å². The molecule has 1 fully saturated rings. The van der Waals surface area contributed by atoms with Crippen LogP contribution < -0.4 is 4.74 Å². The first kappa shape index (κ1) is 17.4. The van der Waals surface area contributed by atoms with Gasteiger partial charge in [-0.25, -0.2) is 4.39 Å². The summed E-state index contributed by atoms with van der Waals surface area (Å²) in [6.45, 7) is 3.08. The third kappa shape index (κ3) is 4.17. The van der Waals surface area contributed by atoms with Gasteiger partial charge in [0, 0.05) is 25.9 Å². The van der Waals surface area contributed by atoms with Crippen molar-refractivity contribution < 1.29 is 19.0 Å². The number of aliphatic hydroxyl groups excluding tert-OH is 1. The van der Waals surface area contributed by atoms with E-state index in [0.29, 0.717) is 18.7 Å². The number of carbonyl (C=O) groups excluding carboxylic acids is 1. The Bertz CT molecular complexity index is 724. The Morgan fingerprint density at radius 1 is 1.16 bits per heavy atom. The standard InChI is InChI=1S/C20H22FNO3/c1-14-4-2-3-5-18(14)25-17-10-12-22(13-11-17)20(24)19(23)15-6-8-16(21)9-7-15/h2-9,17,19,23H,10-13H2,1H3/t19-/m0/s1. The lowest BCUT2D eigenvalue weighted by molar-refractivity contribution is -0.142. The molecule has 0 bridgehead atoms. The maximum atomic E-state index is 13.0. The molecule has 1 saturated heterocycles. The first-order chi connectivity index (χ1) is 12.0. The zero-order valence-electron chi connectivity index (χ0n) is 14.2. The second kappa shape index (κ2) is 7.66. The van der Waals surface area contributed by atoms with Crippen molar-refractivity contribution in [2.75, 3.05) is 13.1 Å². The molecule has 1 aliphatic rings. The molecule has 0 aliphatic carbocycles. The fourth-order valence-corrected chi connectivity index (χ4v) is 3.02. The van der Waals surface area contributed by atoms with Crippen molar-refractivity contribution in [3.63, 3.8) is 0 Å². The Hall–Kier alpha value is -2.40. The van der Waals surface area contributed by atoms with Gasteiger partial charge in [-0.1, -0.05) is 30.3 Å². The predicted octanol–water partition coefficient (Wildman–Crippen LogP) is 3.24. The molecule has 0 saturated carbocycles. The maximum absolute atomic E-state index is 13.0. The van der Waals surface area contributed by atoms with Crippen LogP contribution in [-0.4, -0.2) is 35.1 Å². The van der Waals surface area contributed by atoms with E-state index in [1.54, 1.807) is 4.90 Å². The Morgan fingerprint density at radius 2 is 1.80 bits per heavy atom. The maximum Gasteiger partial charge on any atom is 0.256 e. The zero-order valence-corrected chi connectivity index (χ0v) is 14.2. The van der Waals surface area contributed by atoms with Crippen LogP contribution in [0.2, 0.25) is 0 Å². The number of benzene rings is 2. The molecule has 2 aromatic carbocycles. The number of hydrogen-bond acceptors (Lipinski definition) is 3. The number of hydrogen-bond donors (Lipinski definition) is 1. The summed E-state index contributed by atoms with van der Waals surface area (Å²) in [5, 5.41) is 10.2. The molecule has 1 aliphatic heterocycles. The van der Waals surface area contributed by atoms with E-state index in [-0.39, 0.29) is 12.0 Å². The fourth-order valence-electron chi connectivity index (χ4n) is 3.02. The van der Waals surface area contributed by atoms with E-state index in [9.17, 15) is 14.3 Å². The number of amides is 1. The van der Waals surface area contributed by atoms with Crippen LogP contribution in [-0.2, 0) is 4.79 Å². The van der Waals surface area contributed by atoms with Gasteiger partial charge in [0.2, 0.25) is 0 Å². The number of likely N-dealkylation sites (tertiary alicyclic amines) is 1. The first-order valence-electron chi connectivity index (χ1n) is 8.49. The largest absolute Gasteiger partial charge is 0.490 e. The molecule has 1 heterocycles. The van der Waals surface area contributed by atoms with Crippen molar-refractivity contribution >= 4 is 5.91 Å². The van der Waals surface area contributed by atoms with Crippen LogP contribution in [0.4, 0.5) is 4.39 Å². The molecule has 0 radical (unpaired) electrons. The van der Waals surface area contributed by atoms with Gasteiger partial charge in [0.1, 0.15) is 17.7 Å². The molecule has 0 aromatic heterocycles. The van der Waals surface area contributed by atoms with Crippen LogP contribution in [0.1, 0.15) is 30.1 Å². The molecule has 4 nitrogen and oxygen atoms in total. The van der Waals surface area contributed by atoms with E-state index in [2.05, 4.69) is 0 Å². The minimum Gasteiger partial charge on any atom is -0.490 e. The Morgan fingerprint density at radius 3 is 2.44 bits per heavy atom. The molecule has 1 atom stereocenters. The number of aryl methyl sites for hydroxylation is 1. The van der Waals surface area contributed by atoms with Gasteiger partial charge in [-0.2, -0.15) is 0 Å². The smallest absolute Gasteiger partial charge is 0.256 e. The van der Waals surface area contributed by atoms with Gasteiger partial charge in [0.05, 0.1) is 0 Å². The van der Waals surface area contributed by atoms with E-state index in [1.807, 2.05) is 31.2 Å². The number of halogens is 1. The molecule has 3 rings (SSSR count). The van der Waals surface area contributed by atoms with Gasteiger partial charge >= 0.3 is 0 Å². The lowest BCUT2D eigenvalue weighted by Crippen LogP contribution is -2.43. The van der Waals surface area contributed by atoms with E-state index in [0.717, 1.165) is 24.2 Å². The van der Waals surface area contributed by atoms with Gasteiger partial charge in [0.25, 0.3) is 5.91 Å². The van der Waals surface area contributed by atoms with Crippen LogP contribution >= 0.6 is 0 Å². The van der Waals surface area contributed by atoms with Gasteiger partial charge in [-0.3, -0.25) is 4.79 Å². The first-order valence-corrected chi connectivity index (χ1v) is 8.49. The lowest BCUT2D eigenvalue weighted by atomic mass is 10.0. The molecule has 0 spiro atoms. The molecule has 2 aromatic rings. The number of nitrogens with zero attached hydrogens (tertiary/aromatic N) is 1. The van der Waals surface area contributed by atoms with E-state index in [4.69, 9.17) is 4.74 Å². The van der Waals surface area contributed by atoms with E-state index in [1.165, 1.54) is 24.3 Å². The minimum atomic E-state index is -1.26. The molecule has 25 heavy (non-hydrogen) atoms. The quantitative estimate of drug-likeness (QED) is 0.927. The molecule has 0 unspecified atom stereocenters. The lowest BCUT2D eigenvalue weighted by Gasteiger charge is -2.33. The summed E-state index contributed by atoms with van der Waals surface area (Å²) in [5.41, 5.74) is 1.50. The highest BCUT2D eigenvalue weighted by molar-refractivity contribution is 5.82. The summed E-state index contributed by atoms with van der Waals surface area (Å²) in [4.78, 5) is 14.1. The average Bonchev–Trinajstić information content (AvgIpc) is 2.64. The molecular weight excluding hydrogens is 321 g/mol. The Kier molecular flexibility index (Phi) is 5.34. The van der Waals surface area contributed by atoms with Crippen molar-refractivity contribution in [3.8, 4) is 5.75 Å². The molecule has 1 amide bonds. The summed E-state index contributed by atoms with van der Waals surface area (Å²) >= 11 is 0. The fraction of sp³-hybridized carbons (Fsp3) is 0.350. The van der Waals surface area contributed by atoms with Crippen LogP contribution in [0.5, 0.6) is 5.75 Å². The summed E-state index contributed by atoms with van der Waals surface area (Å²) < 4.78 is 19.0. The summed E-state index contributed by atoms with van der Waals surface area (Å²) in [7, 11) is 0. The minimum absolute atomic E-state index is 0.0631. The second-order valence-electron chi connectivity index (χ2n) is 6.36. The van der Waals surface area contributed by atoms with E-state index >= 15 is 0 Å². The average molecular weight is 343 g/mol. The Balaban J connectivity index is 1.55. The van der Waals surface area contributed by atoms with Crippen molar-refractivity contribution in [1.29, 1.82) is 0 Å². The van der Waals surface area contributed by atoms with Crippen LogP contribution in [0.3, 0.4) is 0 Å². The number of aliphatic hydroxyl groups is 1. The predicted molar refractivity (Wildman–Crippen MR) is 92.8 cm³/mol. The van der Waals surface area contributed by atoms with Crippen molar-refractivity contribution in [2.45, 2.75) is 32.0 Å². The SMILES string of the molecule is Cc1ccccc1OC1CCN(C(=O)[C@@H](O)c2ccc(F)cc2)CC1. The number of rotatable bonds is 4. The van der Waals surface area contributed by atoms with Crippen molar-refractivity contribution in [3.05, 3.63) is 65.5 Å². The number of para-hydroxylation sites is 1. The van der Waals surface area contributed by atoms with Gasteiger partial charge < -0.3 is 14.7 Å². The van der Waals surface area contributed by atoms with Gasteiger partial charge in [-0.05, 0) is 36.2 Å². The summed E-state index contributed by atoms with van der Waals surface area (Å²) in [5.74, 6) is 0.136. The second-order valence-corrected chi connectivity index (χ2v) is 6.36. The van der Waals surface area contributed by atoms with Crippen molar-refractivity contribution in [2.24, 2.45) is 0 Å². The molecule has 1 N–H and O–H groups in total. The normalized spacial score (nSPS) is 16.5. The van der Waals surface area contributed by atoms with Crippen LogP contribution in [0.25, 0.3) is 0 Å². The number of ether oxygens (including phenoxy) is 1. The number of carbonyl (C=O) groups is 1. The highest BCUT2D eigenvalue weighted by atomic mass is 19.1. The summed E-state index contributed by atoms with van der Waals surface area (Å²) in [6.07, 6.45) is 0.245. The van der Waals surface area contributed by atoms with Gasteiger partial charge in [-0.15, -0.1) is 0 Å². The van der Waals surface area contributed by atoms with Crippen LogP contribution in [0, 0.1) is 12.7 Å². The molecule has 132 valence electrons. The van der Waals surface area contributed by atoms with E-state index < -0.39 is 11.9 Å². The number of piperidine rings is 1. The third-order valence-corrected chi connectivity index (χ3v) is 4.56. The monoisotopic (exact) mass is 343 g/mol. The highest BCUT2D eigenvalue weighted by Crippen LogP contribution is 2.24. The summed E-state index contributed by atoms with van der Waals surface area (Å²) in [6, 6.07) is 13.2. The molecule has 5 heteroatoms. The van der Waals surface area contributed by atoms with Gasteiger partial charge in [0.15, 0.2) is 6.10 Å². The molecular formula is C20H22FNO3.